The van der Waals surface area contributed by atoms with Gasteiger partial charge in [-0.2, -0.15) is 4.98 Å². The minimum Gasteiger partial charge on any atom is -0.421 e. The molecule has 6 heteroatoms. The van der Waals surface area contributed by atoms with Gasteiger partial charge in [-0.05, 0) is 30.3 Å². The average Bonchev–Trinajstić information content (AvgIpc) is 2.92. The molecule has 2 N–H and O–H groups in total. The van der Waals surface area contributed by atoms with Gasteiger partial charge in [0.25, 0.3) is 0 Å². The lowest BCUT2D eigenvalue weighted by Crippen LogP contribution is -1.96. The first-order chi connectivity index (χ1) is 9.72. The van der Waals surface area contributed by atoms with Gasteiger partial charge in [0.2, 0.25) is 0 Å². The molecule has 0 spiro atoms. The van der Waals surface area contributed by atoms with Crippen molar-refractivity contribution in [2.45, 2.75) is 0 Å². The summed E-state index contributed by atoms with van der Waals surface area (Å²) in [5.41, 5.74) is 7.29. The Labute approximate surface area is 124 Å². The number of nitrogens with zero attached hydrogens (tertiary/aromatic N) is 3. The van der Waals surface area contributed by atoms with Crippen LogP contribution in [0.15, 0.2) is 59.3 Å². The highest BCUT2D eigenvalue weighted by atomic mass is 79.9. The van der Waals surface area contributed by atoms with Crippen molar-refractivity contribution in [3.63, 3.8) is 0 Å². The predicted molar refractivity (Wildman–Crippen MR) is 80.0 cm³/mol. The van der Waals surface area contributed by atoms with Crippen molar-refractivity contribution in [1.82, 2.24) is 14.8 Å². The molecule has 0 aliphatic heterocycles. The van der Waals surface area contributed by atoms with Gasteiger partial charge in [-0.1, -0.05) is 34.1 Å². The lowest BCUT2D eigenvalue weighted by molar-refractivity contribution is 0.443. The number of benzene rings is 2. The van der Waals surface area contributed by atoms with Crippen LogP contribution in [0.3, 0.4) is 0 Å². The summed E-state index contributed by atoms with van der Waals surface area (Å²) in [6.45, 7) is 0. The second-order valence-corrected chi connectivity index (χ2v) is 5.01. The standard InChI is InChI=1S/C14H11BrN4O/c15-10-6-7-12(16)13(8-10)20-14-17-9-19(18-14)11-4-2-1-3-5-11/h1-9H,16H2. The number of hydrogen-bond acceptors (Lipinski definition) is 4. The molecule has 1 heterocycles. The van der Waals surface area contributed by atoms with E-state index in [0.717, 1.165) is 10.2 Å². The van der Waals surface area contributed by atoms with Crippen molar-refractivity contribution in [2.75, 3.05) is 5.73 Å². The average molecular weight is 331 g/mol. The zero-order chi connectivity index (χ0) is 13.9. The highest BCUT2D eigenvalue weighted by Gasteiger charge is 2.08. The van der Waals surface area contributed by atoms with E-state index >= 15 is 0 Å². The van der Waals surface area contributed by atoms with Crippen LogP contribution in [0.25, 0.3) is 5.69 Å². The summed E-state index contributed by atoms with van der Waals surface area (Å²) in [6.07, 6.45) is 1.60. The van der Waals surface area contributed by atoms with E-state index in [1.54, 1.807) is 23.1 Å². The third-order valence-corrected chi connectivity index (χ3v) is 3.16. The van der Waals surface area contributed by atoms with Crippen LogP contribution < -0.4 is 10.5 Å². The number of aromatic nitrogens is 3. The lowest BCUT2D eigenvalue weighted by atomic mass is 10.3. The van der Waals surface area contributed by atoms with Crippen molar-refractivity contribution in [2.24, 2.45) is 0 Å². The second-order valence-electron chi connectivity index (χ2n) is 4.09. The minimum atomic E-state index is 0.249. The molecule has 3 rings (SSSR count). The smallest absolute Gasteiger partial charge is 0.341 e. The third kappa shape index (κ3) is 2.65. The Kier molecular flexibility index (Phi) is 3.39. The first kappa shape index (κ1) is 12.7. The molecule has 0 aliphatic rings. The molecule has 0 amide bonds. The Hall–Kier alpha value is -2.34. The molecule has 0 fully saturated rings. The molecule has 0 saturated carbocycles. The molecular formula is C14H11BrN4O. The van der Waals surface area contributed by atoms with Gasteiger partial charge in [-0.25, -0.2) is 4.68 Å². The van der Waals surface area contributed by atoms with Crippen LogP contribution in [0.4, 0.5) is 5.69 Å². The Morgan fingerprint density at radius 2 is 1.90 bits per heavy atom. The molecule has 0 radical (unpaired) electrons. The predicted octanol–water partition coefficient (Wildman–Crippen LogP) is 3.40. The Balaban J connectivity index is 1.86. The van der Waals surface area contributed by atoms with Crippen molar-refractivity contribution in [3.8, 4) is 17.4 Å². The highest BCUT2D eigenvalue weighted by Crippen LogP contribution is 2.28. The number of rotatable bonds is 3. The minimum absolute atomic E-state index is 0.249. The number of para-hydroxylation sites is 1. The van der Waals surface area contributed by atoms with Crippen molar-refractivity contribution in [3.05, 3.63) is 59.3 Å². The molecule has 0 unspecified atom stereocenters. The van der Waals surface area contributed by atoms with Gasteiger partial charge < -0.3 is 10.5 Å². The largest absolute Gasteiger partial charge is 0.421 e. The fourth-order valence-electron chi connectivity index (χ4n) is 1.69. The fraction of sp³-hybridized carbons (Fsp3) is 0. The Bertz CT molecular complexity index is 727. The lowest BCUT2D eigenvalue weighted by Gasteiger charge is -2.05. The molecule has 100 valence electrons. The molecule has 0 bridgehead atoms. The van der Waals surface area contributed by atoms with Crippen LogP contribution in [-0.4, -0.2) is 14.8 Å². The molecule has 0 aliphatic carbocycles. The van der Waals surface area contributed by atoms with Crippen LogP contribution in [0.2, 0.25) is 0 Å². The van der Waals surface area contributed by atoms with Crippen molar-refractivity contribution < 1.29 is 4.74 Å². The number of halogens is 1. The summed E-state index contributed by atoms with van der Waals surface area (Å²) in [7, 11) is 0. The fourth-order valence-corrected chi connectivity index (χ4v) is 2.03. The van der Waals surface area contributed by atoms with Gasteiger partial charge >= 0.3 is 6.01 Å². The SMILES string of the molecule is Nc1ccc(Br)cc1Oc1ncn(-c2ccccc2)n1. The molecule has 5 nitrogen and oxygen atoms in total. The normalized spacial score (nSPS) is 10.4. The van der Waals surface area contributed by atoms with Crippen LogP contribution in [0.5, 0.6) is 11.8 Å². The first-order valence-corrected chi connectivity index (χ1v) is 6.71. The second kappa shape index (κ2) is 5.34. The van der Waals surface area contributed by atoms with E-state index in [0.29, 0.717) is 11.4 Å². The third-order valence-electron chi connectivity index (χ3n) is 2.67. The van der Waals surface area contributed by atoms with E-state index in [2.05, 4.69) is 26.0 Å². The number of nitrogen functional groups attached to an aromatic ring is 1. The van der Waals surface area contributed by atoms with Crippen molar-refractivity contribution >= 4 is 21.6 Å². The molecule has 1 aromatic heterocycles. The maximum Gasteiger partial charge on any atom is 0.341 e. The van der Waals surface area contributed by atoms with Crippen LogP contribution >= 0.6 is 15.9 Å². The number of anilines is 1. The van der Waals surface area contributed by atoms with Gasteiger partial charge in [0.05, 0.1) is 11.4 Å². The van der Waals surface area contributed by atoms with Gasteiger partial charge in [-0.3, -0.25) is 0 Å². The van der Waals surface area contributed by atoms with Crippen LogP contribution in [0.1, 0.15) is 0 Å². The van der Waals surface area contributed by atoms with Crippen LogP contribution in [0, 0.1) is 0 Å². The van der Waals surface area contributed by atoms with E-state index in [-0.39, 0.29) is 6.01 Å². The molecule has 0 atom stereocenters. The highest BCUT2D eigenvalue weighted by molar-refractivity contribution is 9.10. The van der Waals surface area contributed by atoms with Gasteiger partial charge in [0.15, 0.2) is 5.75 Å². The maximum absolute atomic E-state index is 5.85. The van der Waals surface area contributed by atoms with Crippen molar-refractivity contribution in [1.29, 1.82) is 0 Å². The molecular weight excluding hydrogens is 320 g/mol. The summed E-state index contributed by atoms with van der Waals surface area (Å²) >= 11 is 3.37. The van der Waals surface area contributed by atoms with Gasteiger partial charge in [-0.15, -0.1) is 5.10 Å². The van der Waals surface area contributed by atoms with Gasteiger partial charge in [0, 0.05) is 4.47 Å². The molecule has 3 aromatic rings. The quantitative estimate of drug-likeness (QED) is 0.747. The van der Waals surface area contributed by atoms with E-state index in [1.165, 1.54) is 0 Å². The maximum atomic E-state index is 5.85. The number of hydrogen-bond donors (Lipinski definition) is 1. The van der Waals surface area contributed by atoms with E-state index in [9.17, 15) is 0 Å². The van der Waals surface area contributed by atoms with E-state index < -0.39 is 0 Å². The van der Waals surface area contributed by atoms with Gasteiger partial charge in [0.1, 0.15) is 6.33 Å². The molecule has 20 heavy (non-hydrogen) atoms. The Morgan fingerprint density at radius 3 is 2.70 bits per heavy atom. The topological polar surface area (TPSA) is 66.0 Å². The Morgan fingerprint density at radius 1 is 1.10 bits per heavy atom. The molecule has 2 aromatic carbocycles. The number of nitrogens with two attached hydrogens (primary N) is 1. The van der Waals surface area contributed by atoms with E-state index in [1.807, 2.05) is 36.4 Å². The summed E-state index contributed by atoms with van der Waals surface area (Å²) in [5, 5.41) is 4.26. The summed E-state index contributed by atoms with van der Waals surface area (Å²) in [5.74, 6) is 0.519. The zero-order valence-electron chi connectivity index (χ0n) is 10.4. The summed E-state index contributed by atoms with van der Waals surface area (Å²) in [6, 6.07) is 15.3. The number of ether oxygens (including phenoxy) is 1. The first-order valence-electron chi connectivity index (χ1n) is 5.92. The monoisotopic (exact) mass is 330 g/mol. The summed E-state index contributed by atoms with van der Waals surface area (Å²) < 4.78 is 8.12. The van der Waals surface area contributed by atoms with E-state index in [4.69, 9.17) is 10.5 Å². The zero-order valence-corrected chi connectivity index (χ0v) is 12.0. The summed E-state index contributed by atoms with van der Waals surface area (Å²) in [4.78, 5) is 4.12. The van der Waals surface area contributed by atoms with Crippen LogP contribution in [-0.2, 0) is 0 Å². The molecule has 0 saturated heterocycles.